The van der Waals surface area contributed by atoms with Gasteiger partial charge in [0.05, 0.1) is 6.61 Å². The van der Waals surface area contributed by atoms with Gasteiger partial charge in [0.1, 0.15) is 11.6 Å². The van der Waals surface area contributed by atoms with Crippen molar-refractivity contribution < 1.29 is 9.53 Å². The Morgan fingerprint density at radius 2 is 2.20 bits per heavy atom. The minimum Gasteiger partial charge on any atom is -0.493 e. The molecule has 1 fully saturated rings. The van der Waals surface area contributed by atoms with Crippen LogP contribution in [0.5, 0.6) is 5.75 Å². The first kappa shape index (κ1) is 17.5. The second kappa shape index (κ2) is 8.14. The average Bonchev–Trinajstić information content (AvgIpc) is 3.04. The van der Waals surface area contributed by atoms with Gasteiger partial charge in [0, 0.05) is 31.8 Å². The molecule has 1 N–H and O–H groups in total. The van der Waals surface area contributed by atoms with Crippen LogP contribution in [-0.4, -0.2) is 45.7 Å². The van der Waals surface area contributed by atoms with E-state index >= 15 is 0 Å². The predicted octanol–water partition coefficient (Wildman–Crippen LogP) is 2.67. The molecule has 1 saturated heterocycles. The average molecular weight is 342 g/mol. The van der Waals surface area contributed by atoms with Gasteiger partial charge in [-0.3, -0.25) is 9.89 Å². The van der Waals surface area contributed by atoms with E-state index in [2.05, 4.69) is 28.2 Å². The summed E-state index contributed by atoms with van der Waals surface area (Å²) in [6, 6.07) is 8.06. The Labute approximate surface area is 148 Å². The van der Waals surface area contributed by atoms with Gasteiger partial charge in [-0.25, -0.2) is 4.98 Å². The first-order valence-corrected chi connectivity index (χ1v) is 8.96. The molecule has 0 saturated carbocycles. The number of benzene rings is 1. The van der Waals surface area contributed by atoms with Gasteiger partial charge in [0.2, 0.25) is 5.91 Å². The molecule has 1 aromatic heterocycles. The number of hydrogen-bond acceptors (Lipinski definition) is 4. The molecule has 0 aliphatic carbocycles. The van der Waals surface area contributed by atoms with Crippen LogP contribution in [0.25, 0.3) is 0 Å². The number of piperidine rings is 1. The molecule has 1 aliphatic rings. The van der Waals surface area contributed by atoms with E-state index in [4.69, 9.17) is 4.74 Å². The summed E-state index contributed by atoms with van der Waals surface area (Å²) < 4.78 is 5.97. The maximum absolute atomic E-state index is 12.5. The largest absolute Gasteiger partial charge is 0.493 e. The third-order valence-electron chi connectivity index (χ3n) is 4.65. The maximum Gasteiger partial charge on any atom is 0.223 e. The lowest BCUT2D eigenvalue weighted by atomic mass is 9.98. The Kier molecular flexibility index (Phi) is 5.68. The van der Waals surface area contributed by atoms with Gasteiger partial charge in [-0.15, -0.1) is 0 Å². The number of likely N-dealkylation sites (tertiary alicyclic amines) is 1. The number of rotatable bonds is 6. The van der Waals surface area contributed by atoms with Crippen molar-refractivity contribution in [1.82, 2.24) is 20.1 Å². The van der Waals surface area contributed by atoms with Crippen molar-refractivity contribution in [1.29, 1.82) is 0 Å². The van der Waals surface area contributed by atoms with E-state index in [1.54, 1.807) is 0 Å². The highest BCUT2D eigenvalue weighted by Gasteiger charge is 2.24. The van der Waals surface area contributed by atoms with Crippen molar-refractivity contribution in [3.05, 3.63) is 41.5 Å². The molecule has 0 bridgehead atoms. The van der Waals surface area contributed by atoms with Gasteiger partial charge in [-0.2, -0.15) is 5.10 Å². The fourth-order valence-electron chi connectivity index (χ4n) is 3.23. The first-order valence-electron chi connectivity index (χ1n) is 8.96. The number of H-pyrrole nitrogens is 1. The highest BCUT2D eigenvalue weighted by molar-refractivity contribution is 5.76. The van der Waals surface area contributed by atoms with Crippen LogP contribution in [0.15, 0.2) is 24.3 Å². The molecule has 6 heteroatoms. The first-order chi connectivity index (χ1) is 12.1. The number of aromatic nitrogens is 3. The minimum atomic E-state index is 0.183. The minimum absolute atomic E-state index is 0.183. The van der Waals surface area contributed by atoms with Crippen LogP contribution in [0.2, 0.25) is 0 Å². The Morgan fingerprint density at radius 1 is 1.36 bits per heavy atom. The van der Waals surface area contributed by atoms with Crippen molar-refractivity contribution in [3.8, 4) is 5.75 Å². The number of aryl methyl sites for hydroxylation is 3. The molecule has 134 valence electrons. The summed E-state index contributed by atoms with van der Waals surface area (Å²) in [6.45, 7) is 6.19. The third-order valence-corrected chi connectivity index (χ3v) is 4.65. The molecule has 0 unspecified atom stereocenters. The number of carbonyl (C=O) groups excluding carboxylic acids is 1. The van der Waals surface area contributed by atoms with E-state index in [0.29, 0.717) is 31.2 Å². The second-order valence-electron chi connectivity index (χ2n) is 6.76. The van der Waals surface area contributed by atoms with E-state index in [9.17, 15) is 4.79 Å². The number of nitrogens with zero attached hydrogens (tertiary/aromatic N) is 3. The van der Waals surface area contributed by atoms with Crippen LogP contribution in [0, 0.1) is 19.8 Å². The molecule has 2 aromatic rings. The van der Waals surface area contributed by atoms with Crippen molar-refractivity contribution in [2.75, 3.05) is 19.7 Å². The zero-order valence-electron chi connectivity index (χ0n) is 15.0. The summed E-state index contributed by atoms with van der Waals surface area (Å²) in [5, 5.41) is 6.91. The van der Waals surface area contributed by atoms with Crippen molar-refractivity contribution >= 4 is 5.91 Å². The van der Waals surface area contributed by atoms with E-state index < -0.39 is 0 Å². The lowest BCUT2D eigenvalue weighted by Crippen LogP contribution is -2.41. The van der Waals surface area contributed by atoms with Crippen LogP contribution in [0.1, 0.15) is 36.5 Å². The lowest BCUT2D eigenvalue weighted by Gasteiger charge is -2.32. The summed E-state index contributed by atoms with van der Waals surface area (Å²) in [4.78, 5) is 18.7. The van der Waals surface area contributed by atoms with Crippen LogP contribution < -0.4 is 4.74 Å². The molecule has 1 aromatic carbocycles. The van der Waals surface area contributed by atoms with Gasteiger partial charge >= 0.3 is 0 Å². The Balaban J connectivity index is 1.47. The van der Waals surface area contributed by atoms with Gasteiger partial charge < -0.3 is 9.64 Å². The highest BCUT2D eigenvalue weighted by Crippen LogP contribution is 2.21. The summed E-state index contributed by atoms with van der Waals surface area (Å²) in [7, 11) is 0. The molecule has 2 heterocycles. The van der Waals surface area contributed by atoms with Gasteiger partial charge in [-0.05, 0) is 38.3 Å². The Bertz CT molecular complexity index is 713. The molecule has 25 heavy (non-hydrogen) atoms. The fourth-order valence-corrected chi connectivity index (χ4v) is 3.23. The van der Waals surface area contributed by atoms with Crippen molar-refractivity contribution in [3.63, 3.8) is 0 Å². The summed E-state index contributed by atoms with van der Waals surface area (Å²) in [6.07, 6.45) is 3.19. The quantitative estimate of drug-likeness (QED) is 0.876. The number of ether oxygens (including phenoxy) is 1. The molecular weight excluding hydrogens is 316 g/mol. The van der Waals surface area contributed by atoms with E-state index in [1.807, 2.05) is 30.0 Å². The van der Waals surface area contributed by atoms with Gasteiger partial charge in [0.15, 0.2) is 5.82 Å². The topological polar surface area (TPSA) is 71.1 Å². The standard InChI is InChI=1S/C19H26N4O2/c1-14-6-3-4-8-17(14)25-13-16-7-5-11-23(12-16)19(24)10-9-18-20-15(2)21-22-18/h3-4,6,8,16H,5,7,9-13H2,1-2H3,(H,20,21,22)/t16-/m0/s1. The number of para-hydroxylation sites is 1. The van der Waals surface area contributed by atoms with Gasteiger partial charge in [0.25, 0.3) is 0 Å². The molecular formula is C19H26N4O2. The number of hydrogen-bond donors (Lipinski definition) is 1. The summed E-state index contributed by atoms with van der Waals surface area (Å²) in [5.41, 5.74) is 1.15. The van der Waals surface area contributed by atoms with Crippen LogP contribution in [0.3, 0.4) is 0 Å². The number of carbonyl (C=O) groups is 1. The molecule has 0 spiro atoms. The highest BCUT2D eigenvalue weighted by atomic mass is 16.5. The van der Waals surface area contributed by atoms with Crippen LogP contribution >= 0.6 is 0 Å². The molecule has 1 aliphatic heterocycles. The molecule has 1 amide bonds. The summed E-state index contributed by atoms with van der Waals surface area (Å²) >= 11 is 0. The second-order valence-corrected chi connectivity index (χ2v) is 6.76. The zero-order chi connectivity index (χ0) is 17.6. The molecule has 0 radical (unpaired) electrons. The molecule has 3 rings (SSSR count). The fraction of sp³-hybridized carbons (Fsp3) is 0.526. The van der Waals surface area contributed by atoms with Crippen molar-refractivity contribution in [2.45, 2.75) is 39.5 Å². The summed E-state index contributed by atoms with van der Waals surface area (Å²) in [5.74, 6) is 3.01. The number of amides is 1. The Morgan fingerprint density at radius 3 is 2.96 bits per heavy atom. The third kappa shape index (κ3) is 4.81. The van der Waals surface area contributed by atoms with E-state index in [1.165, 1.54) is 0 Å². The molecule has 6 nitrogen and oxygen atoms in total. The predicted molar refractivity (Wildman–Crippen MR) is 95.4 cm³/mol. The normalized spacial score (nSPS) is 17.5. The number of aromatic amines is 1. The SMILES string of the molecule is Cc1nc(CCC(=O)N2CCC[C@H](COc3ccccc3C)C2)n[nH]1. The van der Waals surface area contributed by atoms with Crippen LogP contribution in [-0.2, 0) is 11.2 Å². The van der Waals surface area contributed by atoms with E-state index in [0.717, 1.165) is 43.1 Å². The van der Waals surface area contributed by atoms with Crippen LogP contribution in [0.4, 0.5) is 0 Å². The Hall–Kier alpha value is -2.37. The zero-order valence-corrected chi connectivity index (χ0v) is 15.0. The maximum atomic E-state index is 12.5. The number of nitrogens with one attached hydrogen (secondary N) is 1. The molecule has 1 atom stereocenters. The van der Waals surface area contributed by atoms with Crippen molar-refractivity contribution in [2.24, 2.45) is 5.92 Å². The van der Waals surface area contributed by atoms with E-state index in [-0.39, 0.29) is 5.91 Å². The monoisotopic (exact) mass is 342 g/mol. The lowest BCUT2D eigenvalue weighted by molar-refractivity contribution is -0.133. The smallest absolute Gasteiger partial charge is 0.223 e. The van der Waals surface area contributed by atoms with Gasteiger partial charge in [-0.1, -0.05) is 18.2 Å².